The van der Waals surface area contributed by atoms with Crippen LogP contribution >= 0.6 is 27.5 Å². The molecule has 7 heteroatoms. The number of carbonyl (C=O) groups excluding carboxylic acids is 1. The first kappa shape index (κ1) is 15.3. The zero-order valence-electron chi connectivity index (χ0n) is 10.5. The van der Waals surface area contributed by atoms with E-state index in [0.717, 1.165) is 4.47 Å². The average Bonchev–Trinajstić information content (AvgIpc) is 2.39. The van der Waals surface area contributed by atoms with E-state index in [4.69, 9.17) is 16.3 Å². The van der Waals surface area contributed by atoms with Crippen molar-refractivity contribution in [1.82, 2.24) is 5.32 Å². The lowest BCUT2D eigenvalue weighted by Gasteiger charge is -2.33. The molecule has 1 aromatic rings. The van der Waals surface area contributed by atoms with Gasteiger partial charge >= 0.3 is 5.97 Å². The van der Waals surface area contributed by atoms with Crippen LogP contribution in [0.15, 0.2) is 22.7 Å². The van der Waals surface area contributed by atoms with Crippen LogP contribution in [0.25, 0.3) is 0 Å². The Morgan fingerprint density at radius 3 is 2.55 bits per heavy atom. The van der Waals surface area contributed by atoms with Crippen molar-refractivity contribution in [3.63, 3.8) is 0 Å². The van der Waals surface area contributed by atoms with Gasteiger partial charge in [-0.05, 0) is 18.2 Å². The Kier molecular flexibility index (Phi) is 4.67. The van der Waals surface area contributed by atoms with Gasteiger partial charge in [0.2, 0.25) is 0 Å². The standard InChI is InChI=1S/C13H13BrClNO4/c14-8-1-2-9(10(15)7-8)11(17)16-13(12(18)19)3-5-20-6-4-13/h1-2,7H,3-6H2,(H,16,17)(H,18,19). The molecule has 5 nitrogen and oxygen atoms in total. The summed E-state index contributed by atoms with van der Waals surface area (Å²) < 4.78 is 5.90. The number of amides is 1. The molecule has 0 aliphatic carbocycles. The number of carboxylic acid groups (broad SMARTS) is 1. The number of carbonyl (C=O) groups is 2. The molecule has 0 saturated carbocycles. The molecule has 1 fully saturated rings. The van der Waals surface area contributed by atoms with Gasteiger partial charge in [-0.3, -0.25) is 4.79 Å². The molecule has 2 rings (SSSR count). The zero-order valence-corrected chi connectivity index (χ0v) is 12.8. The summed E-state index contributed by atoms with van der Waals surface area (Å²) in [5, 5.41) is 12.2. The monoisotopic (exact) mass is 361 g/mol. The van der Waals surface area contributed by atoms with Crippen LogP contribution < -0.4 is 5.32 Å². The summed E-state index contributed by atoms with van der Waals surface area (Å²) >= 11 is 9.26. The predicted octanol–water partition coefficient (Wildman–Crippen LogP) is 2.47. The fraction of sp³-hybridized carbons (Fsp3) is 0.385. The van der Waals surface area contributed by atoms with Crippen molar-refractivity contribution in [2.75, 3.05) is 13.2 Å². The van der Waals surface area contributed by atoms with Gasteiger partial charge in [0.05, 0.1) is 10.6 Å². The number of hydrogen-bond acceptors (Lipinski definition) is 3. The molecule has 1 amide bonds. The molecule has 1 saturated heterocycles. The first-order valence-electron chi connectivity index (χ1n) is 6.03. The fourth-order valence-electron chi connectivity index (χ4n) is 2.07. The van der Waals surface area contributed by atoms with Crippen molar-refractivity contribution in [3.05, 3.63) is 33.3 Å². The van der Waals surface area contributed by atoms with E-state index in [1.54, 1.807) is 18.2 Å². The van der Waals surface area contributed by atoms with Gasteiger partial charge < -0.3 is 15.2 Å². The maximum Gasteiger partial charge on any atom is 0.329 e. The largest absolute Gasteiger partial charge is 0.480 e. The van der Waals surface area contributed by atoms with Gasteiger partial charge in [-0.2, -0.15) is 0 Å². The molecular weight excluding hydrogens is 350 g/mol. The Morgan fingerprint density at radius 2 is 2.00 bits per heavy atom. The molecule has 20 heavy (non-hydrogen) atoms. The third kappa shape index (κ3) is 3.13. The highest BCUT2D eigenvalue weighted by Gasteiger charge is 2.41. The molecule has 1 aliphatic heterocycles. The smallest absolute Gasteiger partial charge is 0.329 e. The summed E-state index contributed by atoms with van der Waals surface area (Å²) in [6, 6.07) is 4.82. The molecule has 0 atom stereocenters. The average molecular weight is 363 g/mol. The van der Waals surface area contributed by atoms with Crippen LogP contribution in [0.2, 0.25) is 5.02 Å². The number of hydrogen-bond donors (Lipinski definition) is 2. The van der Waals surface area contributed by atoms with Crippen molar-refractivity contribution in [2.24, 2.45) is 0 Å². The van der Waals surface area contributed by atoms with Crippen LogP contribution in [-0.4, -0.2) is 35.7 Å². The van der Waals surface area contributed by atoms with Crippen LogP contribution in [-0.2, 0) is 9.53 Å². The second-order valence-electron chi connectivity index (χ2n) is 4.58. The Hall–Kier alpha value is -1.11. The Labute approximate surface area is 129 Å². The van der Waals surface area contributed by atoms with Crippen molar-refractivity contribution in [2.45, 2.75) is 18.4 Å². The van der Waals surface area contributed by atoms with Gasteiger partial charge in [-0.25, -0.2) is 4.79 Å². The normalized spacial score (nSPS) is 17.5. The summed E-state index contributed by atoms with van der Waals surface area (Å²) in [5.74, 6) is -1.55. The number of benzene rings is 1. The first-order valence-corrected chi connectivity index (χ1v) is 7.20. The van der Waals surface area contributed by atoms with Crippen molar-refractivity contribution in [1.29, 1.82) is 0 Å². The first-order chi connectivity index (χ1) is 9.44. The fourth-order valence-corrected chi connectivity index (χ4v) is 2.83. The third-order valence-electron chi connectivity index (χ3n) is 3.28. The Bertz CT molecular complexity index is 543. The van der Waals surface area contributed by atoms with Crippen LogP contribution in [0.5, 0.6) is 0 Å². The lowest BCUT2D eigenvalue weighted by Crippen LogP contribution is -2.57. The highest BCUT2D eigenvalue weighted by Crippen LogP contribution is 2.25. The molecule has 0 unspecified atom stereocenters. The quantitative estimate of drug-likeness (QED) is 0.866. The molecule has 0 aromatic heterocycles. The van der Waals surface area contributed by atoms with Crippen LogP contribution in [0.4, 0.5) is 0 Å². The van der Waals surface area contributed by atoms with E-state index in [9.17, 15) is 14.7 Å². The summed E-state index contributed by atoms with van der Waals surface area (Å²) in [4.78, 5) is 23.7. The Balaban J connectivity index is 2.22. The second-order valence-corrected chi connectivity index (χ2v) is 5.90. The maximum atomic E-state index is 12.2. The molecular formula is C13H13BrClNO4. The van der Waals surface area contributed by atoms with Gasteiger partial charge in [0.25, 0.3) is 5.91 Å². The van der Waals surface area contributed by atoms with E-state index >= 15 is 0 Å². The van der Waals surface area contributed by atoms with E-state index < -0.39 is 17.4 Å². The molecule has 108 valence electrons. The lowest BCUT2D eigenvalue weighted by molar-refractivity contribution is -0.148. The number of rotatable bonds is 3. The zero-order chi connectivity index (χ0) is 14.8. The highest BCUT2D eigenvalue weighted by atomic mass is 79.9. The third-order valence-corrected chi connectivity index (χ3v) is 4.09. The van der Waals surface area contributed by atoms with Gasteiger partial charge in [0.1, 0.15) is 5.54 Å². The molecule has 1 heterocycles. The summed E-state index contributed by atoms with van der Waals surface area (Å²) in [7, 11) is 0. The molecule has 0 spiro atoms. The van der Waals surface area contributed by atoms with Crippen LogP contribution in [0.1, 0.15) is 23.2 Å². The summed E-state index contributed by atoms with van der Waals surface area (Å²) in [6.07, 6.45) is 0.477. The SMILES string of the molecule is O=C(NC1(C(=O)O)CCOCC1)c1ccc(Br)cc1Cl. The van der Waals surface area contributed by atoms with E-state index in [1.165, 1.54) is 0 Å². The van der Waals surface area contributed by atoms with Crippen LogP contribution in [0.3, 0.4) is 0 Å². The topological polar surface area (TPSA) is 75.6 Å². The Morgan fingerprint density at radius 1 is 1.35 bits per heavy atom. The molecule has 2 N–H and O–H groups in total. The van der Waals surface area contributed by atoms with E-state index in [0.29, 0.717) is 13.2 Å². The number of ether oxygens (including phenoxy) is 1. The van der Waals surface area contributed by atoms with E-state index in [2.05, 4.69) is 21.2 Å². The van der Waals surface area contributed by atoms with Crippen LogP contribution in [0, 0.1) is 0 Å². The predicted molar refractivity (Wildman–Crippen MR) is 77.0 cm³/mol. The van der Waals surface area contributed by atoms with Crippen molar-refractivity contribution in [3.8, 4) is 0 Å². The number of carboxylic acids is 1. The molecule has 0 bridgehead atoms. The lowest BCUT2D eigenvalue weighted by atomic mass is 9.89. The van der Waals surface area contributed by atoms with E-state index in [1.807, 2.05) is 0 Å². The minimum atomic E-state index is -1.29. The minimum absolute atomic E-state index is 0.238. The molecule has 1 aliphatic rings. The second kappa shape index (κ2) is 6.11. The number of aliphatic carboxylic acids is 1. The maximum absolute atomic E-state index is 12.2. The molecule has 0 radical (unpaired) electrons. The van der Waals surface area contributed by atoms with Crippen molar-refractivity contribution >= 4 is 39.4 Å². The van der Waals surface area contributed by atoms with Gasteiger partial charge in [-0.1, -0.05) is 27.5 Å². The van der Waals surface area contributed by atoms with Crippen molar-refractivity contribution < 1.29 is 19.4 Å². The summed E-state index contributed by atoms with van der Waals surface area (Å²) in [5.41, 5.74) is -1.03. The number of nitrogens with one attached hydrogen (secondary N) is 1. The molecule has 1 aromatic carbocycles. The van der Waals surface area contributed by atoms with Gasteiger partial charge in [-0.15, -0.1) is 0 Å². The van der Waals surface area contributed by atoms with E-state index in [-0.39, 0.29) is 23.4 Å². The highest BCUT2D eigenvalue weighted by molar-refractivity contribution is 9.10. The van der Waals surface area contributed by atoms with Gasteiger partial charge in [0, 0.05) is 30.5 Å². The number of halogens is 2. The summed E-state index contributed by atoms with van der Waals surface area (Å²) in [6.45, 7) is 0.612. The minimum Gasteiger partial charge on any atom is -0.480 e. The van der Waals surface area contributed by atoms with Gasteiger partial charge in [0.15, 0.2) is 0 Å².